The van der Waals surface area contributed by atoms with Gasteiger partial charge in [-0.1, -0.05) is 0 Å². The Morgan fingerprint density at radius 1 is 0.786 bits per heavy atom. The van der Waals surface area contributed by atoms with Crippen LogP contribution in [0.4, 0.5) is 0 Å². The Balaban J connectivity index is 4.15. The zero-order valence-corrected chi connectivity index (χ0v) is 8.05. The number of hydrogen-bond donors (Lipinski definition) is 0. The molecule has 0 amide bonds. The molecule has 7 nitrogen and oxygen atoms in total. The summed E-state index contributed by atoms with van der Waals surface area (Å²) in [6.45, 7) is -1.51. The maximum Gasteiger partial charge on any atom is 0.476 e. The van der Waals surface area contributed by atoms with Crippen molar-refractivity contribution in [2.45, 2.75) is 0 Å². The number of carbonyl (C=O) groups excluding carboxylic acids is 3. The molecule has 0 radical (unpaired) electrons. The van der Waals surface area contributed by atoms with E-state index in [-0.39, 0.29) is 0 Å². The standard InChI is InChI=1S/C6H9O7P/c7-1-4-11-14(10,12-5-2-8)13-6-3-9/h1-3H,4-6H2. The Morgan fingerprint density at radius 2 is 1.07 bits per heavy atom. The molecule has 0 rings (SSSR count). The summed E-state index contributed by atoms with van der Waals surface area (Å²) >= 11 is 0. The summed E-state index contributed by atoms with van der Waals surface area (Å²) in [6.07, 6.45) is 1.00. The lowest BCUT2D eigenvalue weighted by atomic mass is 10.9. The van der Waals surface area contributed by atoms with Gasteiger partial charge in [0.25, 0.3) is 0 Å². The first-order valence-electron chi connectivity index (χ1n) is 3.53. The SMILES string of the molecule is O=CCOP(=O)(OCC=O)OCC=O. The minimum absolute atomic E-state index is 0.335. The van der Waals surface area contributed by atoms with Crippen LogP contribution in [0.25, 0.3) is 0 Å². The Hall–Kier alpha value is -0.880. The third kappa shape index (κ3) is 5.71. The maximum atomic E-state index is 11.3. The Labute approximate surface area is 79.9 Å². The van der Waals surface area contributed by atoms with E-state index in [1.54, 1.807) is 0 Å². The highest BCUT2D eigenvalue weighted by atomic mass is 31.2. The fourth-order valence-electron chi connectivity index (χ4n) is 0.477. The monoisotopic (exact) mass is 224 g/mol. The van der Waals surface area contributed by atoms with Gasteiger partial charge in [-0.3, -0.25) is 13.6 Å². The molecule has 0 aromatic heterocycles. The number of phosphoric acid groups is 1. The van der Waals surface area contributed by atoms with E-state index in [4.69, 9.17) is 0 Å². The van der Waals surface area contributed by atoms with Gasteiger partial charge in [0.05, 0.1) is 0 Å². The molecule has 0 aromatic rings. The minimum Gasteiger partial charge on any atom is -0.301 e. The summed E-state index contributed by atoms with van der Waals surface area (Å²) in [5.41, 5.74) is 0. The van der Waals surface area contributed by atoms with Gasteiger partial charge in [-0.2, -0.15) is 0 Å². The lowest BCUT2D eigenvalue weighted by Gasteiger charge is -2.13. The fourth-order valence-corrected chi connectivity index (χ4v) is 1.43. The van der Waals surface area contributed by atoms with E-state index in [1.807, 2.05) is 0 Å². The van der Waals surface area contributed by atoms with Gasteiger partial charge >= 0.3 is 7.82 Å². The third-order valence-electron chi connectivity index (χ3n) is 0.902. The van der Waals surface area contributed by atoms with Crippen molar-refractivity contribution in [2.24, 2.45) is 0 Å². The molecule has 0 bridgehead atoms. The Kier molecular flexibility index (Phi) is 7.04. The van der Waals surface area contributed by atoms with Crippen molar-refractivity contribution in [3.05, 3.63) is 0 Å². The lowest BCUT2D eigenvalue weighted by molar-refractivity contribution is -0.111. The first kappa shape index (κ1) is 13.1. The van der Waals surface area contributed by atoms with Crippen LogP contribution < -0.4 is 0 Å². The van der Waals surface area contributed by atoms with Crippen LogP contribution in [0.5, 0.6) is 0 Å². The largest absolute Gasteiger partial charge is 0.476 e. The highest BCUT2D eigenvalue weighted by Crippen LogP contribution is 2.48. The molecule has 0 N–H and O–H groups in total. The van der Waals surface area contributed by atoms with Crippen molar-refractivity contribution in [1.29, 1.82) is 0 Å². The zero-order valence-electron chi connectivity index (χ0n) is 7.16. The van der Waals surface area contributed by atoms with E-state index in [2.05, 4.69) is 13.6 Å². The number of rotatable bonds is 9. The van der Waals surface area contributed by atoms with E-state index >= 15 is 0 Å². The number of phosphoric ester groups is 1. The molecule has 80 valence electrons. The molecular weight excluding hydrogens is 215 g/mol. The summed E-state index contributed by atoms with van der Waals surface area (Å²) in [4.78, 5) is 29.7. The molecular formula is C6H9O7P. The van der Waals surface area contributed by atoms with Gasteiger partial charge in [-0.25, -0.2) is 4.57 Å². The summed E-state index contributed by atoms with van der Waals surface area (Å²) in [7, 11) is -3.96. The molecule has 0 aliphatic heterocycles. The minimum atomic E-state index is -3.96. The van der Waals surface area contributed by atoms with E-state index in [0.717, 1.165) is 0 Å². The van der Waals surface area contributed by atoms with Crippen molar-refractivity contribution in [1.82, 2.24) is 0 Å². The van der Waals surface area contributed by atoms with Crippen molar-refractivity contribution in [2.75, 3.05) is 19.8 Å². The highest BCUT2D eigenvalue weighted by Gasteiger charge is 2.26. The molecule has 0 aliphatic carbocycles. The van der Waals surface area contributed by atoms with Crippen molar-refractivity contribution >= 4 is 26.7 Å². The smallest absolute Gasteiger partial charge is 0.301 e. The second-order valence-electron chi connectivity index (χ2n) is 1.83. The lowest BCUT2D eigenvalue weighted by Crippen LogP contribution is -2.05. The van der Waals surface area contributed by atoms with Crippen LogP contribution in [0.3, 0.4) is 0 Å². The van der Waals surface area contributed by atoms with Gasteiger partial charge in [-0.05, 0) is 0 Å². The Morgan fingerprint density at radius 3 is 1.29 bits per heavy atom. The molecule has 0 aromatic carbocycles. The second-order valence-corrected chi connectivity index (χ2v) is 3.50. The fraction of sp³-hybridized carbons (Fsp3) is 0.500. The normalized spacial score (nSPS) is 10.9. The first-order valence-corrected chi connectivity index (χ1v) is 4.99. The zero-order chi connectivity index (χ0) is 10.9. The molecule has 0 heterocycles. The summed E-state index contributed by atoms with van der Waals surface area (Å²) < 4.78 is 24.6. The van der Waals surface area contributed by atoms with Gasteiger partial charge in [0.2, 0.25) is 0 Å². The van der Waals surface area contributed by atoms with Crippen LogP contribution in [0.1, 0.15) is 0 Å². The van der Waals surface area contributed by atoms with Crippen LogP contribution in [-0.2, 0) is 32.5 Å². The molecule has 14 heavy (non-hydrogen) atoms. The predicted molar refractivity (Wildman–Crippen MR) is 43.7 cm³/mol. The quantitative estimate of drug-likeness (QED) is 0.393. The molecule has 0 unspecified atom stereocenters. The molecule has 0 aliphatic rings. The Bertz CT molecular complexity index is 200. The summed E-state index contributed by atoms with van der Waals surface area (Å²) in [5.74, 6) is 0. The molecule has 0 saturated heterocycles. The molecule has 0 spiro atoms. The average molecular weight is 224 g/mol. The van der Waals surface area contributed by atoms with E-state index < -0.39 is 27.6 Å². The van der Waals surface area contributed by atoms with Gasteiger partial charge in [-0.15, -0.1) is 0 Å². The summed E-state index contributed by atoms with van der Waals surface area (Å²) in [5, 5.41) is 0. The maximum absolute atomic E-state index is 11.3. The molecule has 0 fully saturated rings. The van der Waals surface area contributed by atoms with Gasteiger partial charge in [0, 0.05) is 0 Å². The van der Waals surface area contributed by atoms with Gasteiger partial charge < -0.3 is 14.4 Å². The van der Waals surface area contributed by atoms with Crippen molar-refractivity contribution in [3.8, 4) is 0 Å². The topological polar surface area (TPSA) is 96.0 Å². The van der Waals surface area contributed by atoms with Gasteiger partial charge in [0.1, 0.15) is 38.7 Å². The van der Waals surface area contributed by atoms with E-state index in [9.17, 15) is 18.9 Å². The number of hydrogen-bond acceptors (Lipinski definition) is 7. The first-order chi connectivity index (χ1) is 6.68. The third-order valence-corrected chi connectivity index (χ3v) is 2.30. The van der Waals surface area contributed by atoms with Crippen LogP contribution >= 0.6 is 7.82 Å². The number of carbonyl (C=O) groups is 3. The van der Waals surface area contributed by atoms with Crippen LogP contribution in [0.2, 0.25) is 0 Å². The van der Waals surface area contributed by atoms with Crippen LogP contribution in [0.15, 0.2) is 0 Å². The van der Waals surface area contributed by atoms with Gasteiger partial charge in [0.15, 0.2) is 0 Å². The van der Waals surface area contributed by atoms with Crippen LogP contribution in [0, 0.1) is 0 Å². The predicted octanol–water partition coefficient (Wildman–Crippen LogP) is -0.259. The molecule has 0 atom stereocenters. The molecule has 8 heteroatoms. The highest BCUT2D eigenvalue weighted by molar-refractivity contribution is 7.48. The van der Waals surface area contributed by atoms with Crippen molar-refractivity contribution < 1.29 is 32.5 Å². The summed E-state index contributed by atoms with van der Waals surface area (Å²) in [6, 6.07) is 0. The second kappa shape index (κ2) is 7.52. The average Bonchev–Trinajstić information content (AvgIpc) is 2.21. The number of aldehydes is 3. The van der Waals surface area contributed by atoms with Crippen molar-refractivity contribution in [3.63, 3.8) is 0 Å². The van der Waals surface area contributed by atoms with E-state index in [0.29, 0.717) is 18.9 Å². The van der Waals surface area contributed by atoms with E-state index in [1.165, 1.54) is 0 Å². The molecule has 0 saturated carbocycles. The van der Waals surface area contributed by atoms with Crippen LogP contribution in [-0.4, -0.2) is 38.7 Å².